The zero-order valence-electron chi connectivity index (χ0n) is 23.8. The van der Waals surface area contributed by atoms with E-state index in [1.165, 1.54) is 6.20 Å². The zero-order valence-corrected chi connectivity index (χ0v) is 24.6. The number of amides is 1. The number of halogens is 2. The highest BCUT2D eigenvalue weighted by molar-refractivity contribution is 7.98. The fourth-order valence-corrected chi connectivity index (χ4v) is 6.79. The SMILES string of the molecule is C=S(=O)(c1ccc(Nc2nn(C3(CC#N)CCN(C(=O)C(C)(F)F)CC3)c3cc[nH]c(=O)c23)cc1)N(C)C(C)(C)C. The summed E-state index contributed by atoms with van der Waals surface area (Å²) in [5.41, 5.74) is -0.636. The second-order valence-electron chi connectivity index (χ2n) is 11.5. The van der Waals surface area contributed by atoms with Crippen molar-refractivity contribution >= 4 is 43.9 Å². The van der Waals surface area contributed by atoms with Crippen molar-refractivity contribution in [2.45, 2.75) is 68.9 Å². The number of alkyl halides is 2. The summed E-state index contributed by atoms with van der Waals surface area (Å²) in [5, 5.41) is 17.8. The van der Waals surface area contributed by atoms with Crippen LogP contribution < -0.4 is 10.9 Å². The smallest absolute Gasteiger partial charge is 0.322 e. The van der Waals surface area contributed by atoms with E-state index < -0.39 is 32.6 Å². The molecule has 1 aliphatic rings. The first-order valence-electron chi connectivity index (χ1n) is 13.1. The van der Waals surface area contributed by atoms with Crippen LogP contribution in [0.15, 0.2) is 46.2 Å². The lowest BCUT2D eigenvalue weighted by atomic mass is 9.84. The number of nitrogens with one attached hydrogen (secondary N) is 2. The fraction of sp³-hybridized carbons (Fsp3) is 0.464. The number of hydrogen-bond acceptors (Lipinski definition) is 6. The number of hydrogen-bond donors (Lipinski definition) is 2. The summed E-state index contributed by atoms with van der Waals surface area (Å²) in [6.07, 6.45) is 1.90. The highest BCUT2D eigenvalue weighted by Gasteiger charge is 2.44. The van der Waals surface area contributed by atoms with Gasteiger partial charge in [-0.05, 0) is 69.8 Å². The molecule has 0 bridgehead atoms. The topological polar surface area (TPSA) is 127 Å². The number of carbonyl (C=O) groups excluding carboxylic acids is 1. The Hall–Kier alpha value is -3.76. The van der Waals surface area contributed by atoms with Crippen LogP contribution in [-0.4, -0.2) is 71.6 Å². The number of carbonyl (C=O) groups is 1. The first-order valence-corrected chi connectivity index (χ1v) is 14.8. The highest BCUT2D eigenvalue weighted by Crippen LogP contribution is 2.38. The van der Waals surface area contributed by atoms with Crippen LogP contribution in [-0.2, 0) is 20.0 Å². The minimum Gasteiger partial charge on any atom is -0.338 e. The predicted octanol–water partition coefficient (Wildman–Crippen LogP) is 4.08. The molecule has 0 saturated carbocycles. The van der Waals surface area contributed by atoms with E-state index in [1.807, 2.05) is 20.8 Å². The van der Waals surface area contributed by atoms with E-state index in [4.69, 9.17) is 5.10 Å². The monoisotopic (exact) mass is 587 g/mol. The molecule has 1 amide bonds. The van der Waals surface area contributed by atoms with E-state index in [0.29, 0.717) is 23.0 Å². The van der Waals surface area contributed by atoms with Crippen molar-refractivity contribution in [3.8, 4) is 6.07 Å². The predicted molar refractivity (Wildman–Crippen MR) is 156 cm³/mol. The largest absolute Gasteiger partial charge is 0.338 e. The van der Waals surface area contributed by atoms with Gasteiger partial charge in [0.25, 0.3) is 11.5 Å². The number of fused-ring (bicyclic) bond motifs is 1. The lowest BCUT2D eigenvalue weighted by molar-refractivity contribution is -0.157. The molecule has 1 atom stereocenters. The third-order valence-electron chi connectivity index (χ3n) is 7.69. The molecule has 3 aromatic rings. The Labute approximate surface area is 238 Å². The van der Waals surface area contributed by atoms with Crippen LogP contribution in [0.2, 0.25) is 0 Å². The molecule has 1 unspecified atom stereocenters. The Balaban J connectivity index is 1.70. The Bertz CT molecular complexity index is 1650. The molecule has 1 aliphatic heterocycles. The molecule has 10 nitrogen and oxygen atoms in total. The van der Waals surface area contributed by atoms with E-state index in [9.17, 15) is 27.8 Å². The average molecular weight is 588 g/mol. The molecule has 1 saturated heterocycles. The van der Waals surface area contributed by atoms with Gasteiger partial charge in [-0.2, -0.15) is 19.1 Å². The quantitative estimate of drug-likeness (QED) is 0.401. The number of benzene rings is 1. The molecule has 41 heavy (non-hydrogen) atoms. The van der Waals surface area contributed by atoms with Gasteiger partial charge < -0.3 is 15.2 Å². The second-order valence-corrected chi connectivity index (χ2v) is 13.8. The second kappa shape index (κ2) is 10.6. The molecule has 3 heterocycles. The zero-order chi connectivity index (χ0) is 30.4. The molecule has 0 radical (unpaired) electrons. The summed E-state index contributed by atoms with van der Waals surface area (Å²) in [7, 11) is -0.986. The van der Waals surface area contributed by atoms with Gasteiger partial charge in [0.05, 0.1) is 33.3 Å². The van der Waals surface area contributed by atoms with Crippen molar-refractivity contribution in [3.63, 3.8) is 0 Å². The first kappa shape index (κ1) is 30.2. The van der Waals surface area contributed by atoms with Gasteiger partial charge in [0.2, 0.25) is 0 Å². The van der Waals surface area contributed by atoms with Gasteiger partial charge in [-0.25, -0.2) is 8.51 Å². The van der Waals surface area contributed by atoms with Gasteiger partial charge in [0, 0.05) is 49.4 Å². The van der Waals surface area contributed by atoms with Crippen LogP contribution in [0.25, 0.3) is 10.9 Å². The van der Waals surface area contributed by atoms with E-state index in [1.54, 1.807) is 46.4 Å². The number of likely N-dealkylation sites (tertiary alicyclic amines) is 1. The van der Waals surface area contributed by atoms with Crippen molar-refractivity contribution in [1.82, 2.24) is 24.0 Å². The maximum absolute atomic E-state index is 13.7. The van der Waals surface area contributed by atoms with Gasteiger partial charge in [0.1, 0.15) is 5.39 Å². The minimum absolute atomic E-state index is 0.00835. The molecular weight excluding hydrogens is 552 g/mol. The number of anilines is 2. The van der Waals surface area contributed by atoms with Crippen LogP contribution in [0.4, 0.5) is 20.3 Å². The van der Waals surface area contributed by atoms with Crippen LogP contribution in [0.1, 0.15) is 47.0 Å². The Morgan fingerprint density at radius 2 is 1.83 bits per heavy atom. The van der Waals surface area contributed by atoms with Gasteiger partial charge in [-0.15, -0.1) is 0 Å². The van der Waals surface area contributed by atoms with Gasteiger partial charge in [-0.1, -0.05) is 0 Å². The maximum Gasteiger partial charge on any atom is 0.322 e. The van der Waals surface area contributed by atoms with Crippen LogP contribution >= 0.6 is 0 Å². The normalized spacial score (nSPS) is 17.3. The van der Waals surface area contributed by atoms with E-state index in [0.717, 1.165) is 4.90 Å². The van der Waals surface area contributed by atoms with Crippen molar-refractivity contribution in [1.29, 1.82) is 5.26 Å². The Morgan fingerprint density at radius 3 is 2.37 bits per heavy atom. The van der Waals surface area contributed by atoms with Gasteiger partial charge in [0.15, 0.2) is 5.82 Å². The molecule has 220 valence electrons. The maximum atomic E-state index is 13.7. The van der Waals surface area contributed by atoms with Crippen LogP contribution in [0.3, 0.4) is 0 Å². The summed E-state index contributed by atoms with van der Waals surface area (Å²) in [6, 6.07) is 10.7. The third-order valence-corrected chi connectivity index (χ3v) is 10.1. The highest BCUT2D eigenvalue weighted by atomic mass is 32.2. The van der Waals surface area contributed by atoms with Gasteiger partial charge in [-0.3, -0.25) is 14.3 Å². The number of aromatic amines is 1. The lowest BCUT2D eigenvalue weighted by Crippen LogP contribution is -2.51. The number of aromatic nitrogens is 3. The summed E-state index contributed by atoms with van der Waals surface area (Å²) in [5.74, 6) is -0.538. The summed E-state index contributed by atoms with van der Waals surface area (Å²) >= 11 is 0. The number of nitriles is 1. The summed E-state index contributed by atoms with van der Waals surface area (Å²) < 4.78 is 44.2. The molecular formula is C28H35F2N7O3S. The molecule has 1 aromatic carbocycles. The molecule has 0 spiro atoms. The number of H-pyrrole nitrogens is 1. The molecule has 0 aliphatic carbocycles. The summed E-state index contributed by atoms with van der Waals surface area (Å²) in [4.78, 5) is 29.4. The molecule has 13 heteroatoms. The lowest BCUT2D eigenvalue weighted by Gasteiger charge is -2.41. The van der Waals surface area contributed by atoms with Crippen molar-refractivity contribution in [3.05, 3.63) is 46.9 Å². The number of pyridine rings is 1. The van der Waals surface area contributed by atoms with Crippen molar-refractivity contribution in [2.75, 3.05) is 25.5 Å². The van der Waals surface area contributed by atoms with Crippen LogP contribution in [0, 0.1) is 11.3 Å². The standard InChI is InChI=1S/C28H35F2N7O3S/c1-26(2,3)35(5)41(6,40)20-9-7-19(8-10-20)33-23-22-21(11-16-32-24(22)38)37(34-23)28(12-15-31)13-17-36(18-14-28)25(39)27(4,29)30/h7-11,16H,6,12-14,17-18H2,1-5H3,(H,32,38)(H,33,34). The Kier molecular flexibility index (Phi) is 7.79. The van der Waals surface area contributed by atoms with E-state index >= 15 is 0 Å². The number of rotatable bonds is 7. The minimum atomic E-state index is -3.49. The molecule has 4 rings (SSSR count). The van der Waals surface area contributed by atoms with E-state index in [-0.39, 0.29) is 49.1 Å². The Morgan fingerprint density at radius 1 is 1.22 bits per heavy atom. The molecule has 2 aromatic heterocycles. The average Bonchev–Trinajstić information content (AvgIpc) is 3.27. The first-order chi connectivity index (χ1) is 19.0. The number of nitrogens with zero attached hydrogens (tertiary/aromatic N) is 5. The number of piperidine rings is 1. The molecule has 1 fully saturated rings. The van der Waals surface area contributed by atoms with Crippen molar-refractivity contribution < 1.29 is 17.8 Å². The molecule has 2 N–H and O–H groups in total. The van der Waals surface area contributed by atoms with E-state index in [2.05, 4.69) is 22.2 Å². The summed E-state index contributed by atoms with van der Waals surface area (Å²) in [6.45, 7) is 6.46. The van der Waals surface area contributed by atoms with Gasteiger partial charge >= 0.3 is 5.92 Å². The third kappa shape index (κ3) is 5.71. The fourth-order valence-electron chi connectivity index (χ4n) is 5.03. The van der Waals surface area contributed by atoms with Crippen LogP contribution in [0.5, 0.6) is 0 Å². The van der Waals surface area contributed by atoms with Crippen molar-refractivity contribution in [2.24, 2.45) is 0 Å².